The predicted molar refractivity (Wildman–Crippen MR) is 86.4 cm³/mol. The Morgan fingerprint density at radius 3 is 2.79 bits per heavy atom. The standard InChI is InChI=1S/C18H23NO5/c20-16(21)15-11-19(13-18(15)7-4-9-23-10-8-18)17(22)24-12-14-5-2-1-3-6-14/h1-3,5-6,15H,4,7-13H2,(H,20,21). The van der Waals surface area contributed by atoms with Gasteiger partial charge in [0.25, 0.3) is 0 Å². The number of nitrogens with zero attached hydrogens (tertiary/aromatic N) is 1. The van der Waals surface area contributed by atoms with Gasteiger partial charge >= 0.3 is 12.1 Å². The van der Waals surface area contributed by atoms with E-state index in [4.69, 9.17) is 9.47 Å². The van der Waals surface area contributed by atoms with E-state index in [1.54, 1.807) is 4.90 Å². The Labute approximate surface area is 141 Å². The lowest BCUT2D eigenvalue weighted by atomic mass is 9.72. The molecule has 2 aliphatic heterocycles. The summed E-state index contributed by atoms with van der Waals surface area (Å²) in [5, 5.41) is 9.61. The van der Waals surface area contributed by atoms with E-state index >= 15 is 0 Å². The van der Waals surface area contributed by atoms with Gasteiger partial charge in [-0.3, -0.25) is 4.79 Å². The van der Waals surface area contributed by atoms with Crippen LogP contribution < -0.4 is 0 Å². The van der Waals surface area contributed by atoms with E-state index in [0.29, 0.717) is 26.2 Å². The summed E-state index contributed by atoms with van der Waals surface area (Å²) in [5.74, 6) is -1.39. The summed E-state index contributed by atoms with van der Waals surface area (Å²) in [6.07, 6.45) is 1.84. The van der Waals surface area contributed by atoms with Crippen molar-refractivity contribution in [2.75, 3.05) is 26.3 Å². The third kappa shape index (κ3) is 3.53. The zero-order chi connectivity index (χ0) is 17.0. The van der Waals surface area contributed by atoms with E-state index < -0.39 is 23.4 Å². The summed E-state index contributed by atoms with van der Waals surface area (Å²) in [7, 11) is 0. The zero-order valence-electron chi connectivity index (χ0n) is 13.6. The van der Waals surface area contributed by atoms with Gasteiger partial charge in [-0.25, -0.2) is 4.79 Å². The number of hydrogen-bond acceptors (Lipinski definition) is 4. The highest BCUT2D eigenvalue weighted by Crippen LogP contribution is 2.44. The van der Waals surface area contributed by atoms with Crippen LogP contribution in [0.5, 0.6) is 0 Å². The summed E-state index contributed by atoms with van der Waals surface area (Å²) in [4.78, 5) is 25.6. The topological polar surface area (TPSA) is 76.1 Å². The molecule has 2 heterocycles. The lowest BCUT2D eigenvalue weighted by molar-refractivity contribution is -0.145. The number of rotatable bonds is 3. The van der Waals surface area contributed by atoms with E-state index in [2.05, 4.69) is 0 Å². The molecule has 2 fully saturated rings. The van der Waals surface area contributed by atoms with Crippen LogP contribution in [0.25, 0.3) is 0 Å². The number of carboxylic acids is 1. The van der Waals surface area contributed by atoms with Gasteiger partial charge in [0.2, 0.25) is 0 Å². The quantitative estimate of drug-likeness (QED) is 0.920. The molecule has 24 heavy (non-hydrogen) atoms. The average Bonchev–Trinajstić information content (AvgIpc) is 2.80. The van der Waals surface area contributed by atoms with Crippen LogP contribution in [-0.4, -0.2) is 48.4 Å². The highest BCUT2D eigenvalue weighted by atomic mass is 16.6. The Bertz CT molecular complexity index is 580. The van der Waals surface area contributed by atoms with Gasteiger partial charge in [0.05, 0.1) is 5.92 Å². The van der Waals surface area contributed by atoms with Gasteiger partial charge in [-0.2, -0.15) is 0 Å². The molecule has 1 N–H and O–H groups in total. The largest absolute Gasteiger partial charge is 0.481 e. The molecule has 6 nitrogen and oxygen atoms in total. The number of carboxylic acid groups (broad SMARTS) is 1. The zero-order valence-corrected chi connectivity index (χ0v) is 13.6. The summed E-state index contributed by atoms with van der Waals surface area (Å²) in [6.45, 7) is 2.05. The van der Waals surface area contributed by atoms with E-state index in [1.807, 2.05) is 30.3 Å². The van der Waals surface area contributed by atoms with Gasteiger partial charge in [-0.15, -0.1) is 0 Å². The molecule has 1 spiro atoms. The van der Waals surface area contributed by atoms with Crippen molar-refractivity contribution in [3.63, 3.8) is 0 Å². The van der Waals surface area contributed by atoms with Crippen LogP contribution in [0.2, 0.25) is 0 Å². The molecule has 2 unspecified atom stereocenters. The minimum absolute atomic E-state index is 0.198. The molecular weight excluding hydrogens is 310 g/mol. The van der Waals surface area contributed by atoms with E-state index in [-0.39, 0.29) is 13.2 Å². The van der Waals surface area contributed by atoms with Crippen LogP contribution in [0, 0.1) is 11.3 Å². The summed E-state index contributed by atoms with van der Waals surface area (Å²) in [5.41, 5.74) is 0.520. The van der Waals surface area contributed by atoms with Crippen molar-refractivity contribution in [2.45, 2.75) is 25.9 Å². The number of benzene rings is 1. The van der Waals surface area contributed by atoms with E-state index in [9.17, 15) is 14.7 Å². The molecule has 6 heteroatoms. The second-order valence-corrected chi connectivity index (χ2v) is 6.64. The Balaban J connectivity index is 1.66. The lowest BCUT2D eigenvalue weighted by Crippen LogP contribution is -2.35. The average molecular weight is 333 g/mol. The maximum Gasteiger partial charge on any atom is 0.410 e. The number of amides is 1. The van der Waals surface area contributed by atoms with Crippen molar-refractivity contribution in [1.82, 2.24) is 4.90 Å². The van der Waals surface area contributed by atoms with Gasteiger partial charge in [-0.05, 0) is 24.8 Å². The molecule has 0 aromatic heterocycles. The summed E-state index contributed by atoms with van der Waals surface area (Å²) < 4.78 is 10.9. The van der Waals surface area contributed by atoms with Crippen molar-refractivity contribution in [3.8, 4) is 0 Å². The van der Waals surface area contributed by atoms with Crippen molar-refractivity contribution >= 4 is 12.1 Å². The fourth-order valence-corrected chi connectivity index (χ4v) is 3.79. The first-order chi connectivity index (χ1) is 11.6. The molecule has 2 aliphatic rings. The first-order valence-electron chi connectivity index (χ1n) is 8.37. The van der Waals surface area contributed by atoms with Gasteiger partial charge < -0.3 is 19.5 Å². The molecule has 0 aliphatic carbocycles. The fraction of sp³-hybridized carbons (Fsp3) is 0.556. The predicted octanol–water partition coefficient (Wildman–Crippen LogP) is 2.53. The number of ether oxygens (including phenoxy) is 2. The van der Waals surface area contributed by atoms with Crippen molar-refractivity contribution in [1.29, 1.82) is 0 Å². The third-order valence-electron chi connectivity index (χ3n) is 5.12. The van der Waals surface area contributed by atoms with Crippen molar-refractivity contribution in [2.24, 2.45) is 11.3 Å². The molecule has 1 aromatic rings. The SMILES string of the molecule is O=C(O)C1CN(C(=O)OCc2ccccc2)CC12CCCOCC2. The van der Waals surface area contributed by atoms with Crippen molar-refractivity contribution in [3.05, 3.63) is 35.9 Å². The van der Waals surface area contributed by atoms with Crippen LogP contribution >= 0.6 is 0 Å². The maximum absolute atomic E-state index is 12.4. The number of carbonyl (C=O) groups is 2. The first kappa shape index (κ1) is 16.8. The third-order valence-corrected chi connectivity index (χ3v) is 5.12. The minimum Gasteiger partial charge on any atom is -0.481 e. The Morgan fingerprint density at radius 2 is 2.04 bits per heavy atom. The van der Waals surface area contributed by atoms with Crippen LogP contribution in [0.15, 0.2) is 30.3 Å². The maximum atomic E-state index is 12.4. The number of hydrogen-bond donors (Lipinski definition) is 1. The molecule has 2 atom stereocenters. The monoisotopic (exact) mass is 333 g/mol. The van der Waals surface area contributed by atoms with Gasteiger partial charge in [0.15, 0.2) is 0 Å². The van der Waals surface area contributed by atoms with Crippen LogP contribution in [-0.2, 0) is 20.9 Å². The Morgan fingerprint density at radius 1 is 1.25 bits per heavy atom. The molecule has 2 saturated heterocycles. The normalized spacial score (nSPS) is 27.0. The molecular formula is C18H23NO5. The van der Waals surface area contributed by atoms with Gasteiger partial charge in [-0.1, -0.05) is 30.3 Å². The van der Waals surface area contributed by atoms with Crippen molar-refractivity contribution < 1.29 is 24.2 Å². The number of likely N-dealkylation sites (tertiary alicyclic amines) is 1. The lowest BCUT2D eigenvalue weighted by Gasteiger charge is -2.30. The van der Waals surface area contributed by atoms with Crippen LogP contribution in [0.1, 0.15) is 24.8 Å². The van der Waals surface area contributed by atoms with Crippen LogP contribution in [0.3, 0.4) is 0 Å². The van der Waals surface area contributed by atoms with Gasteiger partial charge in [0.1, 0.15) is 6.61 Å². The van der Waals surface area contributed by atoms with E-state index in [1.165, 1.54) is 0 Å². The minimum atomic E-state index is -0.838. The summed E-state index contributed by atoms with van der Waals surface area (Å²) in [6, 6.07) is 9.46. The first-order valence-corrected chi connectivity index (χ1v) is 8.37. The second-order valence-electron chi connectivity index (χ2n) is 6.64. The molecule has 1 amide bonds. The van der Waals surface area contributed by atoms with E-state index in [0.717, 1.165) is 18.4 Å². The number of carbonyl (C=O) groups excluding carboxylic acids is 1. The molecule has 1 aromatic carbocycles. The molecule has 3 rings (SSSR count). The molecule has 130 valence electrons. The Hall–Kier alpha value is -2.08. The highest BCUT2D eigenvalue weighted by molar-refractivity contribution is 5.75. The fourth-order valence-electron chi connectivity index (χ4n) is 3.79. The van der Waals surface area contributed by atoms with Gasteiger partial charge in [0, 0.05) is 31.7 Å². The highest BCUT2D eigenvalue weighted by Gasteiger charge is 2.51. The molecule has 0 saturated carbocycles. The molecule has 0 radical (unpaired) electrons. The number of aliphatic carboxylic acids is 1. The molecule has 0 bridgehead atoms. The van der Waals surface area contributed by atoms with Crippen LogP contribution in [0.4, 0.5) is 4.79 Å². The Kier molecular flexibility index (Phi) is 5.04. The summed E-state index contributed by atoms with van der Waals surface area (Å²) >= 11 is 0. The smallest absolute Gasteiger partial charge is 0.410 e. The second kappa shape index (κ2) is 7.21.